The summed E-state index contributed by atoms with van der Waals surface area (Å²) in [6.45, 7) is 27.6. The zero-order valence-corrected chi connectivity index (χ0v) is 56.0. The van der Waals surface area contributed by atoms with Gasteiger partial charge >= 0.3 is 35.8 Å². The van der Waals surface area contributed by atoms with E-state index >= 15 is 0 Å². The van der Waals surface area contributed by atoms with E-state index < -0.39 is 117 Å². The molecule has 0 aromatic heterocycles. The van der Waals surface area contributed by atoms with Gasteiger partial charge in [-0.3, -0.25) is 67.5 Å². The Kier molecular flexibility index (Phi) is 28.5. The van der Waals surface area contributed by atoms with E-state index in [1.54, 1.807) is 145 Å². The number of esters is 2. The van der Waals surface area contributed by atoms with Crippen molar-refractivity contribution in [3.63, 3.8) is 0 Å². The summed E-state index contributed by atoms with van der Waals surface area (Å²) in [6.07, 6.45) is 0. The van der Waals surface area contributed by atoms with Gasteiger partial charge in [-0.1, -0.05) is 132 Å². The summed E-state index contributed by atoms with van der Waals surface area (Å²) in [4.78, 5) is 167. The molecule has 2 radical (unpaired) electrons. The predicted molar refractivity (Wildman–Crippen MR) is 316 cm³/mol. The van der Waals surface area contributed by atoms with Crippen LogP contribution in [0.2, 0.25) is 0 Å². The van der Waals surface area contributed by atoms with Crippen molar-refractivity contribution in [3.05, 3.63) is 142 Å². The number of carboxylic acid groups (broad SMARTS) is 4. The van der Waals surface area contributed by atoms with Gasteiger partial charge in [-0.2, -0.15) is 0 Å². The van der Waals surface area contributed by atoms with Crippen molar-refractivity contribution < 1.29 is 136 Å². The number of carbonyl (C=O) groups excluding carboxylic acids is 10. The van der Waals surface area contributed by atoms with Crippen LogP contribution in [-0.2, 0) is 77.2 Å². The van der Waals surface area contributed by atoms with Crippen LogP contribution in [0.15, 0.2) is 97.1 Å². The molecule has 24 nitrogen and oxygen atoms in total. The van der Waals surface area contributed by atoms with E-state index in [1.807, 2.05) is 0 Å². The maximum Gasteiger partial charge on any atom is 0.327 e. The van der Waals surface area contributed by atoms with Crippen molar-refractivity contribution in [2.24, 2.45) is 21.7 Å². The van der Waals surface area contributed by atoms with Crippen LogP contribution in [0.25, 0.3) is 0 Å². The Morgan fingerprint density at radius 1 is 0.322 bits per heavy atom. The Morgan fingerprint density at radius 2 is 0.444 bits per heavy atom. The number of imide groups is 4. The van der Waals surface area contributed by atoms with Crippen LogP contribution in [0.3, 0.4) is 0 Å². The van der Waals surface area contributed by atoms with Gasteiger partial charge in [-0.15, -0.1) is 0 Å². The summed E-state index contributed by atoms with van der Waals surface area (Å²) in [5.41, 5.74) is -0.814. The van der Waals surface area contributed by atoms with E-state index in [1.165, 1.54) is 62.4 Å². The fourth-order valence-corrected chi connectivity index (χ4v) is 9.65. The van der Waals surface area contributed by atoms with Crippen LogP contribution in [0.4, 0.5) is 0 Å². The molecule has 4 aromatic rings. The molecule has 26 heteroatoms. The number of aliphatic carboxylic acids is 4. The molecule has 0 fully saturated rings. The van der Waals surface area contributed by atoms with Gasteiger partial charge in [-0.25, -0.2) is 19.2 Å². The van der Waals surface area contributed by atoms with E-state index in [-0.39, 0.29) is 95.4 Å². The summed E-state index contributed by atoms with van der Waals surface area (Å²) < 4.78 is 8.81. The number of hydrogen-bond donors (Lipinski definition) is 4. The van der Waals surface area contributed by atoms with Crippen LogP contribution >= 0.6 is 0 Å². The summed E-state index contributed by atoms with van der Waals surface area (Å²) >= 11 is 0. The monoisotopic (exact) mass is 1430 g/mol. The maximum atomic E-state index is 12.2. The second kappa shape index (κ2) is 32.3. The molecule has 490 valence electrons. The average molecular weight is 1430 g/mol. The molecule has 4 aromatic carbocycles. The van der Waals surface area contributed by atoms with Crippen LogP contribution in [-0.4, -0.2) is 160 Å². The van der Waals surface area contributed by atoms with Gasteiger partial charge in [-0.05, 0) is 84.0 Å². The molecule has 4 aliphatic heterocycles. The number of nitrogens with zero attached hydrogens (tertiary/aromatic N) is 4. The molecule has 0 saturated carbocycles. The number of benzene rings is 4. The van der Waals surface area contributed by atoms with Gasteiger partial charge in [0.15, 0.2) is 0 Å². The van der Waals surface area contributed by atoms with Crippen molar-refractivity contribution in [3.8, 4) is 0 Å². The van der Waals surface area contributed by atoms with E-state index in [0.29, 0.717) is 13.2 Å². The zero-order valence-electron chi connectivity index (χ0n) is 52.7. The molecule has 8 amide bonds. The molecule has 0 unspecified atom stereocenters. The van der Waals surface area contributed by atoms with Crippen molar-refractivity contribution in [2.45, 2.75) is 135 Å². The van der Waals surface area contributed by atoms with Crippen LogP contribution in [0.1, 0.15) is 194 Å². The normalized spacial score (nSPS) is 14.9. The average Bonchev–Trinajstić information content (AvgIpc) is 4.22. The topological polar surface area (TPSA) is 351 Å². The number of amides is 8. The van der Waals surface area contributed by atoms with Gasteiger partial charge in [0.1, 0.15) is 24.2 Å². The summed E-state index contributed by atoms with van der Waals surface area (Å²) in [7, 11) is 0. The molecule has 90 heavy (non-hydrogen) atoms. The first-order chi connectivity index (χ1) is 40.5. The Labute approximate surface area is 547 Å². The minimum Gasteiger partial charge on any atom is -0.480 e. The van der Waals surface area contributed by atoms with Gasteiger partial charge in [0.05, 0.1) is 57.7 Å². The Hall–Kier alpha value is -8.49. The molecule has 0 saturated heterocycles. The second-order valence-electron chi connectivity index (χ2n) is 24.4. The van der Waals surface area contributed by atoms with E-state index in [0.717, 1.165) is 19.6 Å². The maximum absolute atomic E-state index is 12.2. The standard InChI is InChI=1S/4C14H15NO4.2C4H8O2.2Rh/c4*1-14(2,3)10(13(18)19)15-11(16)8-6-4-5-7-9(8)12(15)17;2*1-3-6-4(2)5;;/h4*4-7,10H,1-3H3,(H,18,19);2*3H2,1-2H3;;/t4*10-;;;;/m0000..../s1. The fraction of sp³-hybridized carbons (Fsp3) is 0.406. The van der Waals surface area contributed by atoms with Gasteiger partial charge in [0.25, 0.3) is 47.3 Å². The largest absolute Gasteiger partial charge is 0.480 e. The predicted octanol–water partition coefficient (Wildman–Crippen LogP) is 8.26. The third kappa shape index (κ3) is 18.8. The number of hydrogen-bond acceptors (Lipinski definition) is 16. The molecule has 0 spiro atoms. The van der Waals surface area contributed by atoms with Crippen molar-refractivity contribution in [2.75, 3.05) is 13.2 Å². The number of rotatable bonds is 10. The van der Waals surface area contributed by atoms with E-state index in [9.17, 15) is 87.5 Å². The van der Waals surface area contributed by atoms with Crippen LogP contribution < -0.4 is 0 Å². The van der Waals surface area contributed by atoms with E-state index in [2.05, 4.69) is 9.47 Å². The summed E-state index contributed by atoms with van der Waals surface area (Å²) in [5.74, 6) is -9.45. The van der Waals surface area contributed by atoms with Gasteiger partial charge in [0, 0.05) is 52.8 Å². The molecular weight excluding hydrogens is 1350 g/mol. The smallest absolute Gasteiger partial charge is 0.327 e. The van der Waals surface area contributed by atoms with Gasteiger partial charge in [0.2, 0.25) is 0 Å². The number of fused-ring (bicyclic) bond motifs is 4. The minimum absolute atomic E-state index is 0. The quantitative estimate of drug-likeness (QED) is 0.0659. The minimum atomic E-state index is -1.18. The molecule has 0 aliphatic carbocycles. The molecule has 4 aliphatic rings. The van der Waals surface area contributed by atoms with Crippen LogP contribution in [0, 0.1) is 21.7 Å². The molecule has 0 bridgehead atoms. The molecule has 4 atom stereocenters. The van der Waals surface area contributed by atoms with Crippen molar-refractivity contribution >= 4 is 83.1 Å². The molecule has 4 N–H and O–H groups in total. The second-order valence-corrected chi connectivity index (χ2v) is 24.4. The Balaban J connectivity index is 0.000000561. The molecular formula is C64H76N4O20Rh2. The van der Waals surface area contributed by atoms with Gasteiger partial charge < -0.3 is 29.9 Å². The fourth-order valence-electron chi connectivity index (χ4n) is 9.65. The third-order valence-electron chi connectivity index (χ3n) is 13.2. The summed E-state index contributed by atoms with van der Waals surface area (Å²) in [6, 6.07) is 20.8. The van der Waals surface area contributed by atoms with Crippen LogP contribution in [0.5, 0.6) is 0 Å². The summed E-state index contributed by atoms with van der Waals surface area (Å²) in [5, 5.41) is 37.4. The Morgan fingerprint density at radius 3 is 0.511 bits per heavy atom. The van der Waals surface area contributed by atoms with E-state index in [4.69, 9.17) is 0 Å². The number of carbonyl (C=O) groups is 14. The van der Waals surface area contributed by atoms with Crippen molar-refractivity contribution in [1.82, 2.24) is 19.6 Å². The first-order valence-corrected chi connectivity index (χ1v) is 27.6. The zero-order chi connectivity index (χ0) is 67.5. The first kappa shape index (κ1) is 79.5. The van der Waals surface area contributed by atoms with Crippen molar-refractivity contribution in [1.29, 1.82) is 0 Å². The number of carboxylic acids is 4. The molecule has 4 heterocycles. The first-order valence-electron chi connectivity index (χ1n) is 27.6. The Bertz CT molecular complexity index is 2850. The number of ether oxygens (including phenoxy) is 2. The third-order valence-corrected chi connectivity index (χ3v) is 13.2. The SMILES string of the molecule is CC(C)(C)[C@H](C(=O)O)N1C(=O)c2ccccc2C1=O.CC(C)(C)[C@H](C(=O)O)N1C(=O)c2ccccc2C1=O.CC(C)(C)[C@H](C(=O)O)N1C(=O)c2ccccc2C1=O.CC(C)(C)[C@H](C(=O)O)N1C(=O)c2ccccc2C1=O.CCOC(C)=O.CCOC(C)=O.[Rh].[Rh]. The molecule has 8 rings (SSSR count).